The molecule has 2 aromatic heterocycles. The van der Waals surface area contributed by atoms with Gasteiger partial charge in [-0.25, -0.2) is 9.07 Å². The van der Waals surface area contributed by atoms with Crippen LogP contribution in [0, 0.1) is 12.7 Å². The van der Waals surface area contributed by atoms with Crippen molar-refractivity contribution in [3.63, 3.8) is 0 Å². The molecule has 7 nitrogen and oxygen atoms in total. The van der Waals surface area contributed by atoms with E-state index in [1.165, 1.54) is 11.6 Å². The van der Waals surface area contributed by atoms with Crippen LogP contribution in [0.5, 0.6) is 0 Å². The fourth-order valence-corrected chi connectivity index (χ4v) is 4.16. The molecule has 0 spiro atoms. The third-order valence-electron chi connectivity index (χ3n) is 5.97. The van der Waals surface area contributed by atoms with E-state index in [0.717, 1.165) is 5.56 Å². The summed E-state index contributed by atoms with van der Waals surface area (Å²) in [6.45, 7) is 4.65. The topological polar surface area (TPSA) is 59.2 Å². The highest BCUT2D eigenvalue weighted by atomic mass is 19.1. The molecule has 5 rings (SSSR count). The first-order valence-corrected chi connectivity index (χ1v) is 11.0. The van der Waals surface area contributed by atoms with Crippen LogP contribution in [0.4, 0.5) is 10.1 Å². The zero-order chi connectivity index (χ0) is 22.8. The van der Waals surface area contributed by atoms with Crippen molar-refractivity contribution in [1.29, 1.82) is 0 Å². The van der Waals surface area contributed by atoms with E-state index < -0.39 is 0 Å². The molecule has 0 unspecified atom stereocenters. The Morgan fingerprint density at radius 1 is 0.939 bits per heavy atom. The van der Waals surface area contributed by atoms with E-state index in [-0.39, 0.29) is 11.7 Å². The van der Waals surface area contributed by atoms with Crippen molar-refractivity contribution < 1.29 is 9.18 Å². The van der Waals surface area contributed by atoms with E-state index in [4.69, 9.17) is 0 Å². The number of benzene rings is 2. The van der Waals surface area contributed by atoms with Gasteiger partial charge in [-0.05, 0) is 36.8 Å². The lowest BCUT2D eigenvalue weighted by atomic mass is 10.1. The van der Waals surface area contributed by atoms with Gasteiger partial charge in [-0.2, -0.15) is 0 Å². The van der Waals surface area contributed by atoms with Gasteiger partial charge in [-0.1, -0.05) is 47.2 Å². The average molecular weight is 445 g/mol. The van der Waals surface area contributed by atoms with E-state index in [1.807, 2.05) is 47.0 Å². The van der Waals surface area contributed by atoms with Gasteiger partial charge in [0.05, 0.1) is 12.2 Å². The molecule has 1 fully saturated rings. The second-order valence-electron chi connectivity index (χ2n) is 8.23. The van der Waals surface area contributed by atoms with Crippen LogP contribution in [0.1, 0.15) is 21.6 Å². The van der Waals surface area contributed by atoms with Crippen molar-refractivity contribution >= 4 is 11.6 Å². The number of aromatic nitrogens is 4. The number of amides is 1. The Labute approximate surface area is 191 Å². The molecule has 1 aliphatic heterocycles. The lowest BCUT2D eigenvalue weighted by molar-refractivity contribution is 0.0740. The van der Waals surface area contributed by atoms with E-state index in [2.05, 4.69) is 34.6 Å². The molecule has 168 valence electrons. The standard InChI is InChI=1S/C25H25FN6O/c1-19-8-10-20(11-9-19)18-32-24(30-12-4-5-13-30)23(27-28-32)25(33)31-16-14-29(15-17-31)22-7-3-2-6-21(22)26/h2-13H,14-18H2,1H3. The monoisotopic (exact) mass is 444 g/mol. The van der Waals surface area contributed by atoms with Crippen LogP contribution in [-0.2, 0) is 6.54 Å². The van der Waals surface area contributed by atoms with Crippen LogP contribution in [0.15, 0.2) is 73.1 Å². The fourth-order valence-electron chi connectivity index (χ4n) is 4.16. The number of hydrogen-bond acceptors (Lipinski definition) is 4. The highest BCUT2D eigenvalue weighted by Gasteiger charge is 2.29. The fraction of sp³-hybridized carbons (Fsp3) is 0.240. The third kappa shape index (κ3) is 4.24. The average Bonchev–Trinajstić information content (AvgIpc) is 3.50. The molecule has 8 heteroatoms. The third-order valence-corrected chi connectivity index (χ3v) is 5.97. The number of para-hydroxylation sites is 1. The van der Waals surface area contributed by atoms with E-state index in [0.29, 0.717) is 49.9 Å². The van der Waals surface area contributed by atoms with Gasteiger partial charge in [0.1, 0.15) is 5.82 Å². The molecule has 33 heavy (non-hydrogen) atoms. The van der Waals surface area contributed by atoms with Gasteiger partial charge >= 0.3 is 0 Å². The lowest BCUT2D eigenvalue weighted by Gasteiger charge is -2.36. The molecular formula is C25H25FN6O. The summed E-state index contributed by atoms with van der Waals surface area (Å²) < 4.78 is 17.8. The van der Waals surface area contributed by atoms with Crippen LogP contribution >= 0.6 is 0 Å². The zero-order valence-electron chi connectivity index (χ0n) is 18.4. The second-order valence-corrected chi connectivity index (χ2v) is 8.23. The Morgan fingerprint density at radius 2 is 1.64 bits per heavy atom. The molecule has 3 heterocycles. The molecule has 0 atom stereocenters. The molecule has 1 aliphatic rings. The molecular weight excluding hydrogens is 419 g/mol. The smallest absolute Gasteiger partial charge is 0.278 e. The van der Waals surface area contributed by atoms with Crippen LogP contribution in [0.25, 0.3) is 5.82 Å². The maximum atomic E-state index is 14.2. The summed E-state index contributed by atoms with van der Waals surface area (Å²) in [5.41, 5.74) is 3.16. The highest BCUT2D eigenvalue weighted by Crippen LogP contribution is 2.22. The number of anilines is 1. The summed E-state index contributed by atoms with van der Waals surface area (Å²) in [6, 6.07) is 18.8. The number of carbonyl (C=O) groups excluding carboxylic acids is 1. The molecule has 0 aliphatic carbocycles. The van der Waals surface area contributed by atoms with Gasteiger partial charge in [0.2, 0.25) is 0 Å². The number of aryl methyl sites for hydroxylation is 1. The van der Waals surface area contributed by atoms with Gasteiger partial charge < -0.3 is 14.4 Å². The minimum atomic E-state index is -0.244. The van der Waals surface area contributed by atoms with Crippen LogP contribution in [-0.4, -0.2) is 56.5 Å². The van der Waals surface area contributed by atoms with Crippen molar-refractivity contribution in [3.05, 3.63) is 95.7 Å². The Hall–Kier alpha value is -3.94. The number of piperazine rings is 1. The van der Waals surface area contributed by atoms with Crippen molar-refractivity contribution in [2.24, 2.45) is 0 Å². The molecule has 4 aromatic rings. The molecule has 0 radical (unpaired) electrons. The highest BCUT2D eigenvalue weighted by molar-refractivity contribution is 5.95. The molecule has 0 N–H and O–H groups in total. The van der Waals surface area contributed by atoms with Crippen LogP contribution < -0.4 is 4.90 Å². The maximum absolute atomic E-state index is 14.2. The molecule has 0 bridgehead atoms. The summed E-state index contributed by atoms with van der Waals surface area (Å²) in [5, 5.41) is 8.60. The van der Waals surface area contributed by atoms with Crippen molar-refractivity contribution in [3.8, 4) is 5.82 Å². The Kier molecular flexibility index (Phi) is 5.64. The Morgan fingerprint density at radius 3 is 2.33 bits per heavy atom. The van der Waals surface area contributed by atoms with Crippen LogP contribution in [0.2, 0.25) is 0 Å². The van der Waals surface area contributed by atoms with Crippen LogP contribution in [0.3, 0.4) is 0 Å². The molecule has 0 saturated carbocycles. The van der Waals surface area contributed by atoms with Gasteiger partial charge in [0, 0.05) is 38.6 Å². The predicted molar refractivity (Wildman–Crippen MR) is 124 cm³/mol. The number of halogens is 1. The van der Waals surface area contributed by atoms with E-state index >= 15 is 0 Å². The molecule has 1 amide bonds. The summed E-state index contributed by atoms with van der Waals surface area (Å²) in [7, 11) is 0. The molecule has 2 aromatic carbocycles. The Balaban J connectivity index is 1.38. The van der Waals surface area contributed by atoms with Gasteiger partial charge in [0.15, 0.2) is 11.5 Å². The Bertz CT molecular complexity index is 1240. The number of rotatable bonds is 5. The summed E-state index contributed by atoms with van der Waals surface area (Å²) >= 11 is 0. The SMILES string of the molecule is Cc1ccc(Cn2nnc(C(=O)N3CCN(c4ccccc4F)CC3)c2-n2cccc2)cc1. The quantitative estimate of drug-likeness (QED) is 0.473. The second kappa shape index (κ2) is 8.90. The number of carbonyl (C=O) groups is 1. The minimum Gasteiger partial charge on any atom is -0.366 e. The normalized spacial score (nSPS) is 14.0. The first-order valence-electron chi connectivity index (χ1n) is 11.0. The zero-order valence-corrected chi connectivity index (χ0v) is 18.4. The first kappa shape index (κ1) is 20.9. The summed E-state index contributed by atoms with van der Waals surface area (Å²) in [5.74, 6) is 0.232. The summed E-state index contributed by atoms with van der Waals surface area (Å²) in [6.07, 6.45) is 3.77. The number of nitrogens with zero attached hydrogens (tertiary/aromatic N) is 6. The van der Waals surface area contributed by atoms with Gasteiger partial charge in [-0.3, -0.25) is 4.79 Å². The first-order chi connectivity index (χ1) is 16.1. The van der Waals surface area contributed by atoms with E-state index in [9.17, 15) is 9.18 Å². The van der Waals surface area contributed by atoms with Crippen molar-refractivity contribution in [2.45, 2.75) is 13.5 Å². The number of hydrogen-bond donors (Lipinski definition) is 0. The minimum absolute atomic E-state index is 0.165. The van der Waals surface area contributed by atoms with Crippen molar-refractivity contribution in [2.75, 3.05) is 31.1 Å². The molecule has 1 saturated heterocycles. The summed E-state index contributed by atoms with van der Waals surface area (Å²) in [4.78, 5) is 17.2. The van der Waals surface area contributed by atoms with E-state index in [1.54, 1.807) is 21.7 Å². The largest absolute Gasteiger partial charge is 0.366 e. The lowest BCUT2D eigenvalue weighted by Crippen LogP contribution is -2.49. The van der Waals surface area contributed by atoms with Gasteiger partial charge in [-0.15, -0.1) is 5.10 Å². The van der Waals surface area contributed by atoms with Gasteiger partial charge in [0.25, 0.3) is 5.91 Å². The maximum Gasteiger partial charge on any atom is 0.278 e. The van der Waals surface area contributed by atoms with Crippen molar-refractivity contribution in [1.82, 2.24) is 24.5 Å². The predicted octanol–water partition coefficient (Wildman–Crippen LogP) is 3.53.